The Bertz CT molecular complexity index is 562. The number of hydrogen-bond acceptors (Lipinski definition) is 13. The topological polar surface area (TPSA) is 228 Å². The van der Waals surface area contributed by atoms with Crippen LogP contribution in [-0.4, -0.2) is 141 Å². The molecule has 2 heterocycles. The maximum atomic E-state index is 11.5. The van der Waals surface area contributed by atoms with E-state index in [1.807, 2.05) is 0 Å². The van der Waals surface area contributed by atoms with Crippen LogP contribution in [0.2, 0.25) is 0 Å². The zero-order chi connectivity index (χ0) is 23.3. The Labute approximate surface area is 177 Å². The third kappa shape index (κ3) is 6.07. The lowest BCUT2D eigenvalue weighted by molar-refractivity contribution is -0.354. The van der Waals surface area contributed by atoms with Gasteiger partial charge in [-0.3, -0.25) is 4.79 Å². The van der Waals surface area contributed by atoms with Crippen molar-refractivity contribution in [3.05, 3.63) is 0 Å². The van der Waals surface area contributed by atoms with E-state index in [0.717, 1.165) is 6.92 Å². The van der Waals surface area contributed by atoms with Crippen LogP contribution >= 0.6 is 0 Å². The molecular formula is C17H31NO13. The second-order valence-corrected chi connectivity index (χ2v) is 7.36. The van der Waals surface area contributed by atoms with Crippen LogP contribution in [0.1, 0.15) is 6.92 Å². The van der Waals surface area contributed by atoms with E-state index < -0.39 is 99.8 Å². The largest absolute Gasteiger partial charge is 0.394 e. The van der Waals surface area contributed by atoms with Gasteiger partial charge >= 0.3 is 0 Å². The Hall–Kier alpha value is -1.01. The van der Waals surface area contributed by atoms with Crippen LogP contribution in [0.25, 0.3) is 0 Å². The molecule has 0 spiro atoms. The van der Waals surface area contributed by atoms with Crippen molar-refractivity contribution in [2.24, 2.45) is 0 Å². The fourth-order valence-corrected chi connectivity index (χ4v) is 3.40. The molecule has 0 saturated carbocycles. The summed E-state index contributed by atoms with van der Waals surface area (Å²) in [6, 6.07) is -1.34. The van der Waals surface area contributed by atoms with Gasteiger partial charge < -0.3 is 65.1 Å². The molecule has 2 aliphatic rings. The normalized spacial score (nSPS) is 41.4. The maximum Gasteiger partial charge on any atom is 0.217 e. The molecule has 0 aliphatic carbocycles. The van der Waals surface area contributed by atoms with E-state index in [1.54, 1.807) is 0 Å². The highest BCUT2D eigenvalue weighted by atomic mass is 16.7. The van der Waals surface area contributed by atoms with E-state index in [0.29, 0.717) is 0 Å². The lowest BCUT2D eigenvalue weighted by atomic mass is 9.95. The van der Waals surface area contributed by atoms with Gasteiger partial charge in [0.15, 0.2) is 12.6 Å². The Balaban J connectivity index is 2.25. The first-order valence-electron chi connectivity index (χ1n) is 9.73. The zero-order valence-corrected chi connectivity index (χ0v) is 16.8. The number of carbonyl (C=O) groups is 1. The Morgan fingerprint density at radius 3 is 1.94 bits per heavy atom. The average molecular weight is 457 g/mol. The van der Waals surface area contributed by atoms with Crippen LogP contribution in [0.3, 0.4) is 0 Å². The molecule has 0 unspecified atom stereocenters. The number of hydrogen-bond donors (Lipinski definition) is 9. The van der Waals surface area contributed by atoms with Crippen LogP contribution in [0.4, 0.5) is 0 Å². The summed E-state index contributed by atoms with van der Waals surface area (Å²) in [7, 11) is 0. The lowest BCUT2D eigenvalue weighted by Crippen LogP contribution is -2.68. The first-order valence-corrected chi connectivity index (χ1v) is 9.73. The van der Waals surface area contributed by atoms with Gasteiger partial charge in [-0.2, -0.15) is 0 Å². The van der Waals surface area contributed by atoms with Crippen molar-refractivity contribution >= 4 is 5.91 Å². The molecule has 0 aromatic heterocycles. The predicted molar refractivity (Wildman–Crippen MR) is 97.0 cm³/mol. The van der Waals surface area contributed by atoms with Gasteiger partial charge in [0.2, 0.25) is 5.91 Å². The summed E-state index contributed by atoms with van der Waals surface area (Å²) in [6.45, 7) is -1.50. The molecule has 0 aromatic carbocycles. The Morgan fingerprint density at radius 2 is 1.42 bits per heavy atom. The SMILES string of the molecule is CC(=O)N[C@H]1[C@@H](O[C@@H]2[C@H](O)[C@H](OC(CO)CO)O[C@H](CO)[C@H]2O)O[C@H](CO)[C@H](O)[C@@H]1O. The van der Waals surface area contributed by atoms with E-state index in [1.165, 1.54) is 0 Å². The molecule has 14 nitrogen and oxygen atoms in total. The molecule has 2 aliphatic heterocycles. The molecule has 14 heteroatoms. The minimum absolute atomic E-state index is 0.604. The van der Waals surface area contributed by atoms with Gasteiger partial charge in [-0.15, -0.1) is 0 Å². The monoisotopic (exact) mass is 457 g/mol. The molecule has 1 amide bonds. The molecule has 0 bridgehead atoms. The van der Waals surface area contributed by atoms with Crippen molar-refractivity contribution in [1.82, 2.24) is 5.32 Å². The number of rotatable bonds is 9. The van der Waals surface area contributed by atoms with Gasteiger partial charge in [0.25, 0.3) is 0 Å². The van der Waals surface area contributed by atoms with Gasteiger partial charge in [-0.1, -0.05) is 0 Å². The van der Waals surface area contributed by atoms with Crippen molar-refractivity contribution in [2.75, 3.05) is 26.4 Å². The number of aliphatic hydroxyl groups is 8. The summed E-state index contributed by atoms with van der Waals surface area (Å²) in [5, 5.41) is 81.1. The van der Waals surface area contributed by atoms with Crippen molar-refractivity contribution in [3.8, 4) is 0 Å². The molecule has 0 aromatic rings. The van der Waals surface area contributed by atoms with Crippen LogP contribution < -0.4 is 5.32 Å². The lowest BCUT2D eigenvalue weighted by Gasteiger charge is -2.47. The quantitative estimate of drug-likeness (QED) is 0.157. The second kappa shape index (κ2) is 11.7. The van der Waals surface area contributed by atoms with Crippen LogP contribution in [0.15, 0.2) is 0 Å². The van der Waals surface area contributed by atoms with Crippen molar-refractivity contribution < 1.29 is 64.6 Å². The van der Waals surface area contributed by atoms with Crippen LogP contribution in [0, 0.1) is 0 Å². The number of carbonyl (C=O) groups excluding carboxylic acids is 1. The van der Waals surface area contributed by atoms with Crippen LogP contribution in [0.5, 0.6) is 0 Å². The summed E-state index contributed by atoms with van der Waals surface area (Å²) in [6.07, 6.45) is -14.9. The first-order chi connectivity index (χ1) is 14.7. The molecule has 182 valence electrons. The van der Waals surface area contributed by atoms with Crippen molar-refractivity contribution in [3.63, 3.8) is 0 Å². The molecule has 2 saturated heterocycles. The first kappa shape index (κ1) is 26.2. The number of ether oxygens (including phenoxy) is 4. The number of nitrogens with one attached hydrogen (secondary N) is 1. The van der Waals surface area contributed by atoms with E-state index in [9.17, 15) is 45.6 Å². The highest BCUT2D eigenvalue weighted by Crippen LogP contribution is 2.30. The minimum atomic E-state index is -1.73. The fourth-order valence-electron chi connectivity index (χ4n) is 3.40. The van der Waals surface area contributed by atoms with E-state index in [-0.39, 0.29) is 0 Å². The molecular weight excluding hydrogens is 426 g/mol. The molecule has 9 N–H and O–H groups in total. The van der Waals surface area contributed by atoms with Gasteiger partial charge in [-0.25, -0.2) is 0 Å². The average Bonchev–Trinajstić information content (AvgIpc) is 2.75. The predicted octanol–water partition coefficient (Wildman–Crippen LogP) is -5.88. The molecule has 2 fully saturated rings. The molecule has 2 rings (SSSR count). The summed E-state index contributed by atoms with van der Waals surface area (Å²) in [5.41, 5.74) is 0. The highest BCUT2D eigenvalue weighted by molar-refractivity contribution is 5.73. The van der Waals surface area contributed by atoms with Crippen molar-refractivity contribution in [2.45, 2.75) is 74.4 Å². The van der Waals surface area contributed by atoms with Crippen LogP contribution in [-0.2, 0) is 23.7 Å². The van der Waals surface area contributed by atoms with E-state index in [4.69, 9.17) is 18.9 Å². The Morgan fingerprint density at radius 1 is 0.871 bits per heavy atom. The third-order valence-corrected chi connectivity index (χ3v) is 5.10. The summed E-state index contributed by atoms with van der Waals surface area (Å²) in [4.78, 5) is 11.5. The minimum Gasteiger partial charge on any atom is -0.394 e. The van der Waals surface area contributed by atoms with E-state index in [2.05, 4.69) is 5.32 Å². The van der Waals surface area contributed by atoms with Crippen molar-refractivity contribution in [1.29, 1.82) is 0 Å². The van der Waals surface area contributed by atoms with Gasteiger partial charge in [0.05, 0.1) is 26.4 Å². The summed E-state index contributed by atoms with van der Waals surface area (Å²) in [5.74, 6) is -0.604. The molecule has 10 atom stereocenters. The van der Waals surface area contributed by atoms with Gasteiger partial charge in [-0.05, 0) is 0 Å². The third-order valence-electron chi connectivity index (χ3n) is 5.10. The fraction of sp³-hybridized carbons (Fsp3) is 0.941. The number of amides is 1. The Kier molecular flexibility index (Phi) is 9.94. The molecule has 0 radical (unpaired) electrons. The summed E-state index contributed by atoms with van der Waals surface area (Å²) < 4.78 is 21.6. The maximum absolute atomic E-state index is 11.5. The van der Waals surface area contributed by atoms with Gasteiger partial charge in [0, 0.05) is 6.92 Å². The standard InChI is InChI=1S/C17H31NO13/c1-6(23)18-10-13(26)11(24)8(4-21)29-16(10)31-15-12(25)9(5-22)30-17(14(15)27)28-7(2-19)3-20/h7-17,19-22,24-27H,2-5H2,1H3,(H,18,23)/t8-,9-,10-,11+,12-,13-,14+,15+,16-,17-/m1/s1. The van der Waals surface area contributed by atoms with E-state index >= 15 is 0 Å². The highest BCUT2D eigenvalue weighted by Gasteiger charge is 2.51. The number of aliphatic hydroxyl groups excluding tert-OH is 8. The summed E-state index contributed by atoms with van der Waals surface area (Å²) >= 11 is 0. The smallest absolute Gasteiger partial charge is 0.217 e. The second-order valence-electron chi connectivity index (χ2n) is 7.36. The molecule has 31 heavy (non-hydrogen) atoms. The van der Waals surface area contributed by atoms with Gasteiger partial charge in [0.1, 0.15) is 54.9 Å². The zero-order valence-electron chi connectivity index (χ0n) is 16.8.